The van der Waals surface area contributed by atoms with Crippen LogP contribution in [0, 0.1) is 6.92 Å². The Labute approximate surface area is 206 Å². The summed E-state index contributed by atoms with van der Waals surface area (Å²) in [4.78, 5) is 15.3. The van der Waals surface area contributed by atoms with Crippen molar-refractivity contribution in [2.75, 3.05) is 24.5 Å². The van der Waals surface area contributed by atoms with E-state index in [-0.39, 0.29) is 5.91 Å². The van der Waals surface area contributed by atoms with E-state index < -0.39 is 6.04 Å². The van der Waals surface area contributed by atoms with Crippen LogP contribution >= 0.6 is 11.6 Å². The molecule has 1 heterocycles. The molecule has 0 spiro atoms. The summed E-state index contributed by atoms with van der Waals surface area (Å²) in [6, 6.07) is 23.7. The smallest absolute Gasteiger partial charge is 0.244 e. The lowest BCUT2D eigenvalue weighted by molar-refractivity contribution is -0.124. The fourth-order valence-corrected chi connectivity index (χ4v) is 4.42. The van der Waals surface area contributed by atoms with E-state index in [4.69, 9.17) is 16.7 Å². The van der Waals surface area contributed by atoms with Crippen molar-refractivity contribution in [1.82, 2.24) is 15.1 Å². The second-order valence-electron chi connectivity index (χ2n) is 8.56. The minimum atomic E-state index is -0.444. The summed E-state index contributed by atoms with van der Waals surface area (Å²) in [6.45, 7) is 8.57. The number of carbonyl (C=O) groups excluding carboxylic acids is 1. The van der Waals surface area contributed by atoms with E-state index in [2.05, 4.69) is 48.3 Å². The Morgan fingerprint density at radius 2 is 1.88 bits per heavy atom. The van der Waals surface area contributed by atoms with Crippen molar-refractivity contribution in [3.8, 4) is 11.3 Å². The summed E-state index contributed by atoms with van der Waals surface area (Å²) in [5.74, 6) is -0.0439. The zero-order chi connectivity index (χ0) is 24.1. The lowest BCUT2D eigenvalue weighted by Gasteiger charge is -2.23. The molecule has 0 aliphatic heterocycles. The van der Waals surface area contributed by atoms with E-state index in [0.717, 1.165) is 41.7 Å². The van der Waals surface area contributed by atoms with Crippen LogP contribution in [0.25, 0.3) is 22.2 Å². The van der Waals surface area contributed by atoms with E-state index in [0.29, 0.717) is 11.6 Å². The number of anilines is 1. The number of fused-ring (bicyclic) bond motifs is 1. The zero-order valence-corrected chi connectivity index (χ0v) is 20.7. The van der Waals surface area contributed by atoms with Crippen LogP contribution < -0.4 is 10.2 Å². The predicted molar refractivity (Wildman–Crippen MR) is 142 cm³/mol. The number of nitrogens with one attached hydrogen (secondary N) is 1. The van der Waals surface area contributed by atoms with Gasteiger partial charge in [-0.05, 0) is 63.1 Å². The summed E-state index contributed by atoms with van der Waals surface area (Å²) in [6.07, 6.45) is 0.866. The third kappa shape index (κ3) is 5.26. The minimum Gasteiger partial charge on any atom is -0.372 e. The van der Waals surface area contributed by atoms with Gasteiger partial charge in [0.05, 0.1) is 5.52 Å². The number of nitrogens with zero attached hydrogens (tertiary/aromatic N) is 3. The molecule has 4 aromatic rings. The monoisotopic (exact) mass is 474 g/mol. The predicted octanol–water partition coefficient (Wildman–Crippen LogP) is 6.26. The van der Waals surface area contributed by atoms with Gasteiger partial charge in [0.15, 0.2) is 0 Å². The second-order valence-corrected chi connectivity index (χ2v) is 9.00. The van der Waals surface area contributed by atoms with E-state index in [1.165, 1.54) is 11.3 Å². The van der Waals surface area contributed by atoms with E-state index >= 15 is 0 Å². The first-order chi connectivity index (χ1) is 16.5. The average molecular weight is 475 g/mol. The number of aromatic nitrogens is 2. The van der Waals surface area contributed by atoms with Crippen molar-refractivity contribution < 1.29 is 4.79 Å². The Morgan fingerprint density at radius 3 is 2.62 bits per heavy atom. The molecule has 0 unspecified atom stereocenters. The molecule has 3 aromatic carbocycles. The molecule has 0 aliphatic rings. The summed E-state index contributed by atoms with van der Waals surface area (Å²) < 4.78 is 1.80. The number of rotatable bonds is 9. The van der Waals surface area contributed by atoms with Crippen LogP contribution in [0.3, 0.4) is 0 Å². The van der Waals surface area contributed by atoms with Crippen LogP contribution in [-0.4, -0.2) is 35.3 Å². The van der Waals surface area contributed by atoms with Crippen LogP contribution in [0.1, 0.15) is 31.9 Å². The fourth-order valence-electron chi connectivity index (χ4n) is 4.25. The molecule has 0 radical (unpaired) electrons. The van der Waals surface area contributed by atoms with Crippen molar-refractivity contribution in [3.05, 3.63) is 83.4 Å². The van der Waals surface area contributed by atoms with Crippen LogP contribution in [-0.2, 0) is 4.79 Å². The first kappa shape index (κ1) is 23.8. The van der Waals surface area contributed by atoms with Crippen LogP contribution in [0.4, 0.5) is 5.69 Å². The molecule has 1 N–H and O–H groups in total. The maximum atomic E-state index is 13.0. The molecule has 176 valence electrons. The number of hydrogen-bond donors (Lipinski definition) is 1. The summed E-state index contributed by atoms with van der Waals surface area (Å²) in [5, 5.41) is 9.51. The van der Waals surface area contributed by atoms with Gasteiger partial charge in [-0.15, -0.1) is 0 Å². The molecule has 0 aliphatic carbocycles. The first-order valence-electron chi connectivity index (χ1n) is 11.8. The molecule has 6 heteroatoms. The highest BCUT2D eigenvalue weighted by Crippen LogP contribution is 2.31. The third-order valence-corrected chi connectivity index (χ3v) is 6.35. The number of aryl methyl sites for hydroxylation is 1. The highest BCUT2D eigenvalue weighted by molar-refractivity contribution is 6.31. The molecule has 0 bridgehead atoms. The summed E-state index contributed by atoms with van der Waals surface area (Å²) >= 11 is 6.28. The van der Waals surface area contributed by atoms with Crippen molar-refractivity contribution in [3.63, 3.8) is 0 Å². The van der Waals surface area contributed by atoms with Gasteiger partial charge in [0.2, 0.25) is 5.91 Å². The molecule has 5 nitrogen and oxygen atoms in total. The fraction of sp³-hybridized carbons (Fsp3) is 0.286. The minimum absolute atomic E-state index is 0.0439. The Morgan fingerprint density at radius 1 is 1.09 bits per heavy atom. The Bertz CT molecular complexity index is 1270. The van der Waals surface area contributed by atoms with Gasteiger partial charge in [-0.2, -0.15) is 5.10 Å². The van der Waals surface area contributed by atoms with Crippen molar-refractivity contribution in [2.24, 2.45) is 0 Å². The number of amides is 1. The Balaban J connectivity index is 1.44. The summed E-state index contributed by atoms with van der Waals surface area (Å²) in [5.41, 5.74) is 5.19. The maximum Gasteiger partial charge on any atom is 0.244 e. The van der Waals surface area contributed by atoms with Crippen LogP contribution in [0.5, 0.6) is 0 Å². The molecule has 1 atom stereocenters. The van der Waals surface area contributed by atoms with Crippen LogP contribution in [0.15, 0.2) is 72.8 Å². The molecule has 1 amide bonds. The van der Waals surface area contributed by atoms with E-state index in [1.807, 2.05) is 55.5 Å². The molecular weight excluding hydrogens is 444 g/mol. The molecule has 4 rings (SSSR count). The van der Waals surface area contributed by atoms with Crippen LogP contribution in [0.2, 0.25) is 5.02 Å². The summed E-state index contributed by atoms with van der Waals surface area (Å²) in [7, 11) is 0. The number of benzene rings is 3. The van der Waals surface area contributed by atoms with Gasteiger partial charge in [-0.1, -0.05) is 54.1 Å². The third-order valence-electron chi connectivity index (χ3n) is 6.11. The first-order valence-corrected chi connectivity index (χ1v) is 12.2. The number of carbonyl (C=O) groups is 1. The van der Waals surface area contributed by atoms with Crippen molar-refractivity contribution in [1.29, 1.82) is 0 Å². The normalized spacial score (nSPS) is 12.0. The quantitative estimate of drug-likeness (QED) is 0.291. The van der Waals surface area contributed by atoms with Gasteiger partial charge in [0.1, 0.15) is 11.7 Å². The Kier molecular flexibility index (Phi) is 7.53. The van der Waals surface area contributed by atoms with Gasteiger partial charge in [0, 0.05) is 41.3 Å². The lowest BCUT2D eigenvalue weighted by atomic mass is 10.1. The second kappa shape index (κ2) is 10.7. The van der Waals surface area contributed by atoms with Gasteiger partial charge < -0.3 is 10.2 Å². The molecule has 0 saturated heterocycles. The van der Waals surface area contributed by atoms with Crippen molar-refractivity contribution in [2.45, 2.75) is 33.2 Å². The molecule has 0 saturated carbocycles. The largest absolute Gasteiger partial charge is 0.372 e. The molecule has 34 heavy (non-hydrogen) atoms. The molecule has 0 fully saturated rings. The molecular formula is C28H31ClN4O. The van der Waals surface area contributed by atoms with Gasteiger partial charge >= 0.3 is 0 Å². The number of hydrogen-bond acceptors (Lipinski definition) is 3. The Hall–Kier alpha value is -3.31. The average Bonchev–Trinajstić information content (AvgIpc) is 3.22. The highest BCUT2D eigenvalue weighted by atomic mass is 35.5. The van der Waals surface area contributed by atoms with Crippen molar-refractivity contribution >= 4 is 34.1 Å². The van der Waals surface area contributed by atoms with Gasteiger partial charge in [-0.25, -0.2) is 0 Å². The standard InChI is InChI=1S/C28H31ClN4O/c1-4-32(24-13-8-10-20(2)18-24)17-9-16-30-28(34)21(3)33-26-15-14-23(29)19-25(26)27(31-33)22-11-6-5-7-12-22/h5-8,10-15,18-19,21H,4,9,16-17H2,1-3H3,(H,30,34)/t21-/m1/s1. The van der Waals surface area contributed by atoms with Gasteiger partial charge in [-0.3, -0.25) is 9.48 Å². The highest BCUT2D eigenvalue weighted by Gasteiger charge is 2.21. The zero-order valence-electron chi connectivity index (χ0n) is 20.0. The number of halogens is 1. The van der Waals surface area contributed by atoms with E-state index in [1.54, 1.807) is 4.68 Å². The SMILES string of the molecule is CCN(CCCNC(=O)[C@@H](C)n1nc(-c2ccccc2)c2cc(Cl)ccc21)c1cccc(C)c1. The van der Waals surface area contributed by atoms with E-state index in [9.17, 15) is 4.79 Å². The lowest BCUT2D eigenvalue weighted by Crippen LogP contribution is -2.34. The topological polar surface area (TPSA) is 50.2 Å². The van der Waals surface area contributed by atoms with Gasteiger partial charge in [0.25, 0.3) is 0 Å². The molecule has 1 aromatic heterocycles. The maximum absolute atomic E-state index is 13.0.